The van der Waals surface area contributed by atoms with Gasteiger partial charge in [-0.3, -0.25) is 0 Å². The lowest BCUT2D eigenvalue weighted by Crippen LogP contribution is -2.29. The predicted octanol–water partition coefficient (Wildman–Crippen LogP) is 2.63. The Morgan fingerprint density at radius 2 is 2.25 bits per heavy atom. The van der Waals surface area contributed by atoms with Gasteiger partial charge in [0.15, 0.2) is 0 Å². The average molecular weight is 238 g/mol. The van der Waals surface area contributed by atoms with Gasteiger partial charge in [0.25, 0.3) is 0 Å². The molecule has 2 heterocycles. The van der Waals surface area contributed by atoms with Gasteiger partial charge in [-0.2, -0.15) is 0 Å². The lowest BCUT2D eigenvalue weighted by molar-refractivity contribution is 0.343. The SMILES string of the molecule is Cc1ccc(CNC2CCCN(C)CC2)s1. The summed E-state index contributed by atoms with van der Waals surface area (Å²) in [7, 11) is 2.23. The van der Waals surface area contributed by atoms with Crippen molar-refractivity contribution in [1.29, 1.82) is 0 Å². The second-order valence-corrected chi connectivity index (χ2v) is 6.20. The van der Waals surface area contributed by atoms with E-state index in [0.29, 0.717) is 6.04 Å². The van der Waals surface area contributed by atoms with E-state index in [4.69, 9.17) is 0 Å². The smallest absolute Gasteiger partial charge is 0.0302 e. The molecule has 0 aromatic carbocycles. The Morgan fingerprint density at radius 1 is 1.38 bits per heavy atom. The molecule has 2 rings (SSSR count). The van der Waals surface area contributed by atoms with E-state index in [1.165, 1.54) is 42.1 Å². The van der Waals surface area contributed by atoms with E-state index in [-0.39, 0.29) is 0 Å². The number of likely N-dealkylation sites (tertiary alicyclic amines) is 1. The van der Waals surface area contributed by atoms with E-state index in [2.05, 4.69) is 36.3 Å². The van der Waals surface area contributed by atoms with Crippen molar-refractivity contribution in [3.8, 4) is 0 Å². The van der Waals surface area contributed by atoms with Gasteiger partial charge in [-0.1, -0.05) is 0 Å². The molecule has 0 bridgehead atoms. The van der Waals surface area contributed by atoms with Gasteiger partial charge >= 0.3 is 0 Å². The normalized spacial score (nSPS) is 23.2. The number of hydrogen-bond acceptors (Lipinski definition) is 3. The lowest BCUT2D eigenvalue weighted by atomic mass is 10.1. The van der Waals surface area contributed by atoms with E-state index in [9.17, 15) is 0 Å². The molecular weight excluding hydrogens is 216 g/mol. The van der Waals surface area contributed by atoms with Gasteiger partial charge in [0.2, 0.25) is 0 Å². The maximum Gasteiger partial charge on any atom is 0.0302 e. The maximum absolute atomic E-state index is 3.70. The summed E-state index contributed by atoms with van der Waals surface area (Å²) in [5.41, 5.74) is 0. The van der Waals surface area contributed by atoms with Gasteiger partial charge in [-0.15, -0.1) is 11.3 Å². The summed E-state index contributed by atoms with van der Waals surface area (Å²) in [6.45, 7) is 5.72. The third kappa shape index (κ3) is 3.58. The first kappa shape index (κ1) is 12.1. The third-order valence-electron chi connectivity index (χ3n) is 3.31. The summed E-state index contributed by atoms with van der Waals surface area (Å²) in [5, 5.41) is 3.70. The fourth-order valence-corrected chi connectivity index (χ4v) is 3.11. The molecule has 0 radical (unpaired) electrons. The van der Waals surface area contributed by atoms with Gasteiger partial charge in [0.1, 0.15) is 0 Å². The predicted molar refractivity (Wildman–Crippen MR) is 71.0 cm³/mol. The summed E-state index contributed by atoms with van der Waals surface area (Å²) in [6.07, 6.45) is 3.95. The highest BCUT2D eigenvalue weighted by molar-refractivity contribution is 7.11. The van der Waals surface area contributed by atoms with E-state index in [0.717, 1.165) is 6.54 Å². The van der Waals surface area contributed by atoms with Crippen molar-refractivity contribution in [2.45, 2.75) is 38.8 Å². The average Bonchev–Trinajstić information content (AvgIpc) is 2.56. The van der Waals surface area contributed by atoms with Crippen LogP contribution in [-0.2, 0) is 6.54 Å². The van der Waals surface area contributed by atoms with Crippen LogP contribution in [0, 0.1) is 6.92 Å². The minimum Gasteiger partial charge on any atom is -0.309 e. The Kier molecular flexibility index (Phi) is 4.38. The molecule has 0 saturated carbocycles. The molecule has 1 aliphatic rings. The van der Waals surface area contributed by atoms with Crippen LogP contribution in [-0.4, -0.2) is 31.1 Å². The highest BCUT2D eigenvalue weighted by Gasteiger charge is 2.14. The van der Waals surface area contributed by atoms with Crippen LogP contribution in [0.15, 0.2) is 12.1 Å². The van der Waals surface area contributed by atoms with Crippen molar-refractivity contribution in [1.82, 2.24) is 10.2 Å². The molecule has 1 aliphatic heterocycles. The number of thiophene rings is 1. The Morgan fingerprint density at radius 3 is 3.00 bits per heavy atom. The van der Waals surface area contributed by atoms with Gasteiger partial charge in [0.05, 0.1) is 0 Å². The maximum atomic E-state index is 3.70. The van der Waals surface area contributed by atoms with Gasteiger partial charge in [-0.25, -0.2) is 0 Å². The Balaban J connectivity index is 1.77. The second-order valence-electron chi connectivity index (χ2n) is 4.82. The Labute approximate surface area is 103 Å². The molecule has 16 heavy (non-hydrogen) atoms. The highest BCUT2D eigenvalue weighted by atomic mass is 32.1. The van der Waals surface area contributed by atoms with Crippen LogP contribution < -0.4 is 5.32 Å². The van der Waals surface area contributed by atoms with Crippen molar-refractivity contribution in [3.05, 3.63) is 21.9 Å². The summed E-state index contributed by atoms with van der Waals surface area (Å²) in [6, 6.07) is 5.17. The molecular formula is C13H22N2S. The van der Waals surface area contributed by atoms with Crippen molar-refractivity contribution in [2.75, 3.05) is 20.1 Å². The zero-order valence-corrected chi connectivity index (χ0v) is 11.1. The lowest BCUT2D eigenvalue weighted by Gasteiger charge is -2.16. The van der Waals surface area contributed by atoms with E-state index < -0.39 is 0 Å². The molecule has 1 N–H and O–H groups in total. The molecule has 1 saturated heterocycles. The van der Waals surface area contributed by atoms with Crippen molar-refractivity contribution in [2.24, 2.45) is 0 Å². The van der Waals surface area contributed by atoms with Crippen LogP contribution in [0.2, 0.25) is 0 Å². The zero-order valence-electron chi connectivity index (χ0n) is 10.3. The van der Waals surface area contributed by atoms with Crippen LogP contribution in [0.3, 0.4) is 0 Å². The number of aryl methyl sites for hydroxylation is 1. The molecule has 1 unspecified atom stereocenters. The highest BCUT2D eigenvalue weighted by Crippen LogP contribution is 2.16. The molecule has 0 aliphatic carbocycles. The van der Waals surface area contributed by atoms with E-state index >= 15 is 0 Å². The number of nitrogens with zero attached hydrogens (tertiary/aromatic N) is 1. The van der Waals surface area contributed by atoms with Crippen LogP contribution in [0.5, 0.6) is 0 Å². The molecule has 0 spiro atoms. The van der Waals surface area contributed by atoms with Crippen LogP contribution in [0.25, 0.3) is 0 Å². The fraction of sp³-hybridized carbons (Fsp3) is 0.692. The summed E-state index contributed by atoms with van der Waals surface area (Å²) < 4.78 is 0. The van der Waals surface area contributed by atoms with Gasteiger partial charge < -0.3 is 10.2 Å². The second kappa shape index (κ2) is 5.80. The largest absolute Gasteiger partial charge is 0.309 e. The van der Waals surface area contributed by atoms with Crippen molar-refractivity contribution < 1.29 is 0 Å². The number of nitrogens with one attached hydrogen (secondary N) is 1. The third-order valence-corrected chi connectivity index (χ3v) is 4.31. The van der Waals surface area contributed by atoms with Crippen molar-refractivity contribution >= 4 is 11.3 Å². The summed E-state index contributed by atoms with van der Waals surface area (Å²) >= 11 is 1.91. The summed E-state index contributed by atoms with van der Waals surface area (Å²) in [5.74, 6) is 0. The standard InChI is InChI=1S/C13H22N2S/c1-11-5-6-13(16-11)10-14-12-4-3-8-15(2)9-7-12/h5-6,12,14H,3-4,7-10H2,1-2H3. The zero-order chi connectivity index (χ0) is 11.4. The number of hydrogen-bond donors (Lipinski definition) is 1. The van der Waals surface area contributed by atoms with Crippen LogP contribution in [0.1, 0.15) is 29.0 Å². The number of rotatable bonds is 3. The van der Waals surface area contributed by atoms with E-state index in [1.54, 1.807) is 0 Å². The molecule has 2 nitrogen and oxygen atoms in total. The first-order chi connectivity index (χ1) is 7.74. The molecule has 1 aromatic heterocycles. The minimum absolute atomic E-state index is 0.715. The first-order valence-corrected chi connectivity index (χ1v) is 7.03. The monoisotopic (exact) mass is 238 g/mol. The molecule has 1 atom stereocenters. The van der Waals surface area contributed by atoms with Gasteiger partial charge in [-0.05, 0) is 58.5 Å². The molecule has 1 fully saturated rings. The van der Waals surface area contributed by atoms with Crippen LogP contribution in [0.4, 0.5) is 0 Å². The van der Waals surface area contributed by atoms with Crippen LogP contribution >= 0.6 is 11.3 Å². The minimum atomic E-state index is 0.715. The summed E-state index contributed by atoms with van der Waals surface area (Å²) in [4.78, 5) is 5.32. The van der Waals surface area contributed by atoms with E-state index in [1.807, 2.05) is 11.3 Å². The Bertz CT molecular complexity index is 321. The topological polar surface area (TPSA) is 15.3 Å². The van der Waals surface area contributed by atoms with Gasteiger partial charge in [0, 0.05) is 22.3 Å². The quantitative estimate of drug-likeness (QED) is 0.871. The van der Waals surface area contributed by atoms with Crippen molar-refractivity contribution in [3.63, 3.8) is 0 Å². The first-order valence-electron chi connectivity index (χ1n) is 6.21. The molecule has 1 aromatic rings. The molecule has 3 heteroatoms. The molecule has 90 valence electrons. The Hall–Kier alpha value is -0.380. The fourth-order valence-electron chi connectivity index (χ4n) is 2.27. The molecule has 0 amide bonds.